The second kappa shape index (κ2) is 6.94. The maximum Gasteiger partial charge on any atom is 0.240 e. The minimum Gasteiger partial charge on any atom is -0.492 e. The Morgan fingerprint density at radius 2 is 1.89 bits per heavy atom. The van der Waals surface area contributed by atoms with Crippen LogP contribution in [0, 0.1) is 0 Å². The van der Waals surface area contributed by atoms with E-state index in [2.05, 4.69) is 9.89 Å². The van der Waals surface area contributed by atoms with Gasteiger partial charge in [0.15, 0.2) is 0 Å². The molecule has 1 aromatic rings. The second-order valence-corrected chi connectivity index (χ2v) is 4.45. The topological polar surface area (TPSA) is 41.9 Å². The maximum absolute atomic E-state index is 10.1. The second-order valence-electron chi connectivity index (χ2n) is 4.45. The van der Waals surface area contributed by atoms with Crippen LogP contribution >= 0.6 is 0 Å². The van der Waals surface area contributed by atoms with Gasteiger partial charge in [0, 0.05) is 6.54 Å². The van der Waals surface area contributed by atoms with Crippen molar-refractivity contribution in [2.75, 3.05) is 26.2 Å². The molecule has 1 aliphatic rings. The summed E-state index contributed by atoms with van der Waals surface area (Å²) in [7, 11) is 0. The molecule has 0 aliphatic carbocycles. The summed E-state index contributed by atoms with van der Waals surface area (Å²) >= 11 is 0. The first-order valence-corrected chi connectivity index (χ1v) is 6.41. The highest BCUT2D eigenvalue weighted by molar-refractivity contribution is 5.49. The van der Waals surface area contributed by atoms with Gasteiger partial charge in [0.2, 0.25) is 6.08 Å². The molecule has 0 spiro atoms. The molecule has 0 amide bonds. The molecule has 1 aliphatic heterocycles. The first-order valence-electron chi connectivity index (χ1n) is 6.41. The van der Waals surface area contributed by atoms with Crippen molar-refractivity contribution < 1.29 is 9.53 Å². The molecule has 4 nitrogen and oxygen atoms in total. The van der Waals surface area contributed by atoms with E-state index in [0.717, 1.165) is 12.3 Å². The number of benzene rings is 1. The summed E-state index contributed by atoms with van der Waals surface area (Å²) < 4.78 is 5.66. The average Bonchev–Trinajstić information content (AvgIpc) is 2.42. The predicted molar refractivity (Wildman–Crippen MR) is 70.0 cm³/mol. The molecule has 1 heterocycles. The van der Waals surface area contributed by atoms with Gasteiger partial charge in [-0.05, 0) is 50.2 Å². The van der Waals surface area contributed by atoms with E-state index in [1.54, 1.807) is 12.1 Å². The lowest BCUT2D eigenvalue weighted by Gasteiger charge is -2.26. The molecule has 1 aromatic carbocycles. The smallest absolute Gasteiger partial charge is 0.240 e. The summed E-state index contributed by atoms with van der Waals surface area (Å²) in [6.45, 7) is 4.07. The minimum absolute atomic E-state index is 0.605. The number of rotatable bonds is 5. The molecule has 0 N–H and O–H groups in total. The van der Waals surface area contributed by atoms with Gasteiger partial charge >= 0.3 is 0 Å². The van der Waals surface area contributed by atoms with Crippen molar-refractivity contribution in [3.63, 3.8) is 0 Å². The molecule has 0 radical (unpaired) electrons. The van der Waals surface area contributed by atoms with Gasteiger partial charge in [-0.15, -0.1) is 0 Å². The zero-order valence-corrected chi connectivity index (χ0v) is 10.5. The highest BCUT2D eigenvalue weighted by Gasteiger charge is 2.09. The fraction of sp³-hybridized carbons (Fsp3) is 0.500. The monoisotopic (exact) mass is 246 g/mol. The van der Waals surface area contributed by atoms with E-state index in [-0.39, 0.29) is 0 Å². The number of piperidine rings is 1. The van der Waals surface area contributed by atoms with Crippen LogP contribution in [-0.4, -0.2) is 37.2 Å². The molecule has 4 heteroatoms. The molecule has 0 bridgehead atoms. The average molecular weight is 246 g/mol. The van der Waals surface area contributed by atoms with E-state index in [1.165, 1.54) is 38.4 Å². The van der Waals surface area contributed by atoms with Gasteiger partial charge < -0.3 is 4.74 Å². The zero-order chi connectivity index (χ0) is 12.6. The van der Waals surface area contributed by atoms with Crippen LogP contribution in [0.15, 0.2) is 29.3 Å². The third kappa shape index (κ3) is 3.99. The van der Waals surface area contributed by atoms with Crippen LogP contribution in [0.5, 0.6) is 5.75 Å². The Bertz CT molecular complexity index is 404. The van der Waals surface area contributed by atoms with Crippen molar-refractivity contribution in [1.82, 2.24) is 4.90 Å². The number of hydrogen-bond donors (Lipinski definition) is 0. The van der Waals surface area contributed by atoms with Crippen molar-refractivity contribution in [2.45, 2.75) is 19.3 Å². The van der Waals surface area contributed by atoms with Gasteiger partial charge in [-0.2, -0.15) is 4.99 Å². The summed E-state index contributed by atoms with van der Waals surface area (Å²) in [6, 6.07) is 7.15. The van der Waals surface area contributed by atoms with E-state index in [1.807, 2.05) is 12.1 Å². The highest BCUT2D eigenvalue weighted by atomic mass is 16.5. The van der Waals surface area contributed by atoms with Crippen molar-refractivity contribution in [3.05, 3.63) is 24.3 Å². The molecule has 96 valence electrons. The summed E-state index contributed by atoms with van der Waals surface area (Å²) in [5, 5.41) is 0. The van der Waals surface area contributed by atoms with E-state index in [4.69, 9.17) is 4.74 Å². The molecule has 2 rings (SSSR count). The zero-order valence-electron chi connectivity index (χ0n) is 10.5. The number of aliphatic imine (C=N–C) groups is 1. The van der Waals surface area contributed by atoms with Gasteiger partial charge in [0.25, 0.3) is 0 Å². The molecule has 0 atom stereocenters. The molecule has 1 saturated heterocycles. The number of carbonyl (C=O) groups excluding carboxylic acids is 1. The lowest BCUT2D eigenvalue weighted by atomic mass is 10.1. The summed E-state index contributed by atoms with van der Waals surface area (Å²) in [5.74, 6) is 0.817. The van der Waals surface area contributed by atoms with Gasteiger partial charge in [-0.1, -0.05) is 6.42 Å². The molecule has 0 saturated carbocycles. The number of isocyanates is 1. The van der Waals surface area contributed by atoms with E-state index in [9.17, 15) is 4.79 Å². The van der Waals surface area contributed by atoms with Crippen molar-refractivity contribution in [3.8, 4) is 5.75 Å². The Morgan fingerprint density at radius 1 is 1.17 bits per heavy atom. The standard InChI is InChI=1S/C14H18N2O2/c17-12-15-13-4-6-14(7-5-13)18-11-10-16-8-2-1-3-9-16/h4-7H,1-3,8-11H2. The largest absolute Gasteiger partial charge is 0.492 e. The Balaban J connectivity index is 1.74. The van der Waals surface area contributed by atoms with Crippen LogP contribution in [-0.2, 0) is 4.79 Å². The Kier molecular flexibility index (Phi) is 4.94. The molecular formula is C14H18N2O2. The van der Waals surface area contributed by atoms with Crippen molar-refractivity contribution >= 4 is 11.8 Å². The summed E-state index contributed by atoms with van der Waals surface area (Å²) in [6.07, 6.45) is 5.48. The van der Waals surface area contributed by atoms with Crippen LogP contribution in [0.2, 0.25) is 0 Å². The van der Waals surface area contributed by atoms with Gasteiger partial charge in [-0.25, -0.2) is 4.79 Å². The van der Waals surface area contributed by atoms with Crippen LogP contribution in [0.1, 0.15) is 19.3 Å². The van der Waals surface area contributed by atoms with E-state index >= 15 is 0 Å². The van der Waals surface area contributed by atoms with Gasteiger partial charge in [0.1, 0.15) is 12.4 Å². The number of likely N-dealkylation sites (tertiary alicyclic amines) is 1. The third-order valence-electron chi connectivity index (χ3n) is 3.14. The Hall–Kier alpha value is -1.64. The summed E-state index contributed by atoms with van der Waals surface area (Å²) in [4.78, 5) is 16.0. The maximum atomic E-state index is 10.1. The lowest BCUT2D eigenvalue weighted by molar-refractivity contribution is 0.183. The normalized spacial score (nSPS) is 16.0. The predicted octanol–water partition coefficient (Wildman–Crippen LogP) is 2.52. The molecule has 0 aromatic heterocycles. The summed E-state index contributed by atoms with van der Waals surface area (Å²) in [5.41, 5.74) is 0.605. The first kappa shape index (κ1) is 12.8. The van der Waals surface area contributed by atoms with Crippen molar-refractivity contribution in [1.29, 1.82) is 0 Å². The third-order valence-corrected chi connectivity index (χ3v) is 3.14. The fourth-order valence-corrected chi connectivity index (χ4v) is 2.15. The molecule has 0 unspecified atom stereocenters. The van der Waals surface area contributed by atoms with Crippen LogP contribution in [0.3, 0.4) is 0 Å². The van der Waals surface area contributed by atoms with E-state index in [0.29, 0.717) is 12.3 Å². The van der Waals surface area contributed by atoms with Crippen LogP contribution in [0.25, 0.3) is 0 Å². The number of ether oxygens (including phenoxy) is 1. The molecule has 18 heavy (non-hydrogen) atoms. The van der Waals surface area contributed by atoms with Crippen molar-refractivity contribution in [2.24, 2.45) is 4.99 Å². The SMILES string of the molecule is O=C=Nc1ccc(OCCN2CCCCC2)cc1. The fourth-order valence-electron chi connectivity index (χ4n) is 2.15. The van der Waals surface area contributed by atoms with Gasteiger partial charge in [0.05, 0.1) is 5.69 Å². The minimum atomic E-state index is 0.605. The quantitative estimate of drug-likeness (QED) is 0.592. The molecule has 1 fully saturated rings. The van der Waals surface area contributed by atoms with E-state index < -0.39 is 0 Å². The first-order chi connectivity index (χ1) is 8.88. The molecular weight excluding hydrogens is 228 g/mol. The highest BCUT2D eigenvalue weighted by Crippen LogP contribution is 2.17. The number of nitrogens with zero attached hydrogens (tertiary/aromatic N) is 2. The Morgan fingerprint density at radius 3 is 2.56 bits per heavy atom. The van der Waals surface area contributed by atoms with Gasteiger partial charge in [-0.3, -0.25) is 4.90 Å². The van der Waals surface area contributed by atoms with Crippen LogP contribution < -0.4 is 4.74 Å². The van der Waals surface area contributed by atoms with Crippen LogP contribution in [0.4, 0.5) is 5.69 Å². The lowest BCUT2D eigenvalue weighted by Crippen LogP contribution is -2.33. The number of hydrogen-bond acceptors (Lipinski definition) is 4. The Labute approximate surface area is 107 Å².